The van der Waals surface area contributed by atoms with E-state index in [1.165, 1.54) is 31.2 Å². The van der Waals surface area contributed by atoms with Crippen molar-refractivity contribution in [1.29, 1.82) is 0 Å². The first kappa shape index (κ1) is 15.5. The van der Waals surface area contributed by atoms with Crippen LogP contribution in [0.5, 0.6) is 0 Å². The number of nitrogens with zero attached hydrogens (tertiary/aromatic N) is 1. The van der Waals surface area contributed by atoms with Crippen LogP contribution in [0.1, 0.15) is 43.7 Å². The molecule has 1 unspecified atom stereocenters. The molecule has 1 aliphatic heterocycles. The van der Waals surface area contributed by atoms with E-state index in [9.17, 15) is 9.90 Å². The summed E-state index contributed by atoms with van der Waals surface area (Å²) in [6.45, 7) is 1.83. The highest BCUT2D eigenvalue weighted by atomic mass is 16.3. The molecule has 4 nitrogen and oxygen atoms in total. The molecule has 3 rings (SSSR count). The van der Waals surface area contributed by atoms with E-state index in [4.69, 9.17) is 0 Å². The summed E-state index contributed by atoms with van der Waals surface area (Å²) in [4.78, 5) is 14.5. The molecule has 4 heteroatoms. The number of hydrogen-bond donors (Lipinski definition) is 2. The van der Waals surface area contributed by atoms with Crippen LogP contribution in [0.15, 0.2) is 30.3 Å². The molecule has 0 radical (unpaired) electrons. The van der Waals surface area contributed by atoms with Gasteiger partial charge in [0.05, 0.1) is 18.7 Å². The molecular weight excluding hydrogens is 276 g/mol. The van der Waals surface area contributed by atoms with Crippen molar-refractivity contribution in [3.63, 3.8) is 0 Å². The van der Waals surface area contributed by atoms with E-state index in [2.05, 4.69) is 17.4 Å². The number of β-amino-alcohol motifs (C(OH)–C–C–N with tert-alkyl or cyclic N) is 1. The molecule has 0 aromatic heterocycles. The van der Waals surface area contributed by atoms with Crippen molar-refractivity contribution in [1.82, 2.24) is 10.2 Å². The van der Waals surface area contributed by atoms with E-state index in [-0.39, 0.29) is 18.1 Å². The van der Waals surface area contributed by atoms with Crippen molar-refractivity contribution in [2.75, 3.05) is 19.6 Å². The van der Waals surface area contributed by atoms with E-state index in [1.807, 2.05) is 23.1 Å². The van der Waals surface area contributed by atoms with Gasteiger partial charge in [-0.15, -0.1) is 0 Å². The first-order valence-electron chi connectivity index (χ1n) is 8.47. The normalized spacial score (nSPS) is 24.5. The molecular formula is C18H26N2O2. The number of hydrogen-bond acceptors (Lipinski definition) is 3. The molecule has 1 saturated heterocycles. The molecule has 1 aliphatic carbocycles. The van der Waals surface area contributed by atoms with Gasteiger partial charge < -0.3 is 10.4 Å². The number of amides is 1. The van der Waals surface area contributed by atoms with Crippen molar-refractivity contribution >= 4 is 5.91 Å². The quantitative estimate of drug-likeness (QED) is 0.876. The summed E-state index contributed by atoms with van der Waals surface area (Å²) in [6, 6.07) is 10.5. The van der Waals surface area contributed by atoms with E-state index in [0.29, 0.717) is 19.0 Å². The third-order valence-electron chi connectivity index (χ3n) is 4.96. The Balaban J connectivity index is 1.63. The predicted octanol–water partition coefficient (Wildman–Crippen LogP) is 2.10. The second-order valence-corrected chi connectivity index (χ2v) is 6.68. The van der Waals surface area contributed by atoms with Gasteiger partial charge in [0.15, 0.2) is 0 Å². The van der Waals surface area contributed by atoms with Gasteiger partial charge in [0, 0.05) is 13.1 Å². The summed E-state index contributed by atoms with van der Waals surface area (Å²) >= 11 is 0. The Morgan fingerprint density at radius 2 is 1.95 bits per heavy atom. The zero-order chi connectivity index (χ0) is 15.4. The molecule has 2 atom stereocenters. The van der Waals surface area contributed by atoms with Gasteiger partial charge in [-0.25, -0.2) is 0 Å². The van der Waals surface area contributed by atoms with Crippen LogP contribution in [-0.2, 0) is 4.79 Å². The summed E-state index contributed by atoms with van der Waals surface area (Å²) in [6.07, 6.45) is 5.43. The van der Waals surface area contributed by atoms with Crippen LogP contribution < -0.4 is 5.32 Å². The van der Waals surface area contributed by atoms with Gasteiger partial charge in [-0.2, -0.15) is 0 Å². The average molecular weight is 302 g/mol. The number of nitrogens with one attached hydrogen (secondary N) is 1. The van der Waals surface area contributed by atoms with Gasteiger partial charge >= 0.3 is 0 Å². The maximum Gasteiger partial charge on any atom is 0.234 e. The van der Waals surface area contributed by atoms with Gasteiger partial charge in [0.2, 0.25) is 5.91 Å². The lowest BCUT2D eigenvalue weighted by Gasteiger charge is -2.26. The third-order valence-corrected chi connectivity index (χ3v) is 4.96. The molecule has 0 bridgehead atoms. The Hall–Kier alpha value is -1.39. The summed E-state index contributed by atoms with van der Waals surface area (Å²) in [7, 11) is 0. The second-order valence-electron chi connectivity index (χ2n) is 6.68. The molecule has 1 heterocycles. The number of likely N-dealkylation sites (tertiary alicyclic amines) is 1. The van der Waals surface area contributed by atoms with Gasteiger partial charge in [-0.1, -0.05) is 43.2 Å². The third kappa shape index (κ3) is 3.87. The topological polar surface area (TPSA) is 52.6 Å². The van der Waals surface area contributed by atoms with Gasteiger partial charge in [0.25, 0.3) is 0 Å². The van der Waals surface area contributed by atoms with E-state index in [0.717, 1.165) is 13.0 Å². The Kier molecular flexibility index (Phi) is 5.11. The van der Waals surface area contributed by atoms with Crippen molar-refractivity contribution in [2.45, 2.75) is 44.2 Å². The van der Waals surface area contributed by atoms with Crippen LogP contribution in [-0.4, -0.2) is 41.7 Å². The highest BCUT2D eigenvalue weighted by molar-refractivity contribution is 5.78. The van der Waals surface area contributed by atoms with Crippen molar-refractivity contribution in [3.8, 4) is 0 Å². The van der Waals surface area contributed by atoms with E-state index >= 15 is 0 Å². The fraction of sp³-hybridized carbons (Fsp3) is 0.611. The molecule has 22 heavy (non-hydrogen) atoms. The van der Waals surface area contributed by atoms with E-state index < -0.39 is 0 Å². The molecule has 2 aliphatic rings. The minimum absolute atomic E-state index is 0.0786. The average Bonchev–Trinajstić information content (AvgIpc) is 3.18. The highest BCUT2D eigenvalue weighted by Gasteiger charge is 2.29. The van der Waals surface area contributed by atoms with E-state index in [1.54, 1.807) is 0 Å². The lowest BCUT2D eigenvalue weighted by molar-refractivity contribution is -0.123. The molecule has 1 saturated carbocycles. The Morgan fingerprint density at radius 3 is 2.59 bits per heavy atom. The molecule has 120 valence electrons. The number of aliphatic hydroxyl groups is 1. The number of carbonyl (C=O) groups excluding carboxylic acids is 1. The number of benzene rings is 1. The maximum absolute atomic E-state index is 12.4. The van der Waals surface area contributed by atoms with Crippen molar-refractivity contribution < 1.29 is 9.90 Å². The van der Waals surface area contributed by atoms with Crippen LogP contribution in [0, 0.1) is 5.92 Å². The number of carbonyl (C=O) groups is 1. The lowest BCUT2D eigenvalue weighted by atomic mass is 9.91. The van der Waals surface area contributed by atoms with Crippen molar-refractivity contribution in [2.24, 2.45) is 5.92 Å². The molecule has 2 N–H and O–H groups in total. The lowest BCUT2D eigenvalue weighted by Crippen LogP contribution is -2.40. The highest BCUT2D eigenvalue weighted by Crippen LogP contribution is 2.35. The second kappa shape index (κ2) is 7.25. The number of rotatable bonds is 5. The van der Waals surface area contributed by atoms with Crippen LogP contribution in [0.3, 0.4) is 0 Å². The maximum atomic E-state index is 12.4. The van der Waals surface area contributed by atoms with Crippen LogP contribution in [0.25, 0.3) is 0 Å². The van der Waals surface area contributed by atoms with Gasteiger partial charge in [-0.05, 0) is 30.7 Å². The van der Waals surface area contributed by atoms with Crippen LogP contribution in [0.4, 0.5) is 0 Å². The molecule has 1 aromatic carbocycles. The van der Waals surface area contributed by atoms with Crippen molar-refractivity contribution in [3.05, 3.63) is 35.9 Å². The predicted molar refractivity (Wildman–Crippen MR) is 86.3 cm³/mol. The summed E-state index contributed by atoms with van der Waals surface area (Å²) < 4.78 is 0. The Morgan fingerprint density at radius 1 is 1.23 bits per heavy atom. The summed E-state index contributed by atoms with van der Waals surface area (Å²) in [5, 5.41) is 12.8. The van der Waals surface area contributed by atoms with Gasteiger partial charge in [0.1, 0.15) is 0 Å². The summed E-state index contributed by atoms with van der Waals surface area (Å²) in [5.41, 5.74) is 1.21. The number of aliphatic hydroxyl groups excluding tert-OH is 1. The first-order chi connectivity index (χ1) is 10.7. The molecule has 0 spiro atoms. The Bertz CT molecular complexity index is 485. The Labute approximate surface area is 132 Å². The monoisotopic (exact) mass is 302 g/mol. The zero-order valence-corrected chi connectivity index (χ0v) is 13.1. The molecule has 1 amide bonds. The molecule has 2 fully saturated rings. The largest absolute Gasteiger partial charge is 0.392 e. The molecule has 1 aromatic rings. The fourth-order valence-corrected chi connectivity index (χ4v) is 3.80. The first-order valence-corrected chi connectivity index (χ1v) is 8.47. The van der Waals surface area contributed by atoms with Crippen LogP contribution >= 0.6 is 0 Å². The SMILES string of the molecule is O=C(CN1CC[C@H](O)C1)NC(c1ccccc1)C1CCCC1. The smallest absolute Gasteiger partial charge is 0.234 e. The van der Waals surface area contributed by atoms with Crippen LogP contribution in [0.2, 0.25) is 0 Å². The standard InChI is InChI=1S/C18H26N2O2/c21-16-10-11-20(12-16)13-17(22)19-18(15-8-4-5-9-15)14-6-2-1-3-7-14/h1-3,6-7,15-16,18,21H,4-5,8-13H2,(H,19,22)/t16-,18?/m0/s1. The zero-order valence-electron chi connectivity index (χ0n) is 13.1. The van der Waals surface area contributed by atoms with Gasteiger partial charge in [-0.3, -0.25) is 9.69 Å². The minimum Gasteiger partial charge on any atom is -0.392 e. The minimum atomic E-state index is -0.271. The fourth-order valence-electron chi connectivity index (χ4n) is 3.80. The summed E-state index contributed by atoms with van der Waals surface area (Å²) in [5.74, 6) is 0.630.